The van der Waals surface area contributed by atoms with Crippen molar-refractivity contribution in [3.8, 4) is 17.2 Å². The first kappa shape index (κ1) is 22.5. The Morgan fingerprint density at radius 3 is 2.65 bits per heavy atom. The molecular weight excluding hydrogens is 438 g/mol. The van der Waals surface area contributed by atoms with Gasteiger partial charge in [-0.25, -0.2) is 9.37 Å². The van der Waals surface area contributed by atoms with Gasteiger partial charge in [0.2, 0.25) is 5.91 Å². The van der Waals surface area contributed by atoms with Crippen LogP contribution in [0, 0.1) is 17.1 Å². The predicted octanol–water partition coefficient (Wildman–Crippen LogP) is 6.61. The summed E-state index contributed by atoms with van der Waals surface area (Å²) < 4.78 is 13.7. The number of pyridine rings is 1. The van der Waals surface area contributed by atoms with E-state index in [-0.39, 0.29) is 29.8 Å². The van der Waals surface area contributed by atoms with E-state index in [1.165, 1.54) is 12.3 Å². The third-order valence-electron chi connectivity index (χ3n) is 4.65. The molecule has 0 fully saturated rings. The SMILES string of the molecule is CC(Nc1nccc(Cl)c1NC(=O)CCC#N)c1ccc(-c2cccc(F)c2Cl)cc1. The number of hydrogen-bond acceptors (Lipinski definition) is 4. The standard InChI is InChI=1S/C23H19Cl2FN4O/c1-14(15-7-9-16(10-8-15)17-4-2-5-19(26)21(17)25)29-23-22(18(24)11-13-28-23)30-20(31)6-3-12-27/h2,4-5,7-11,13-14H,3,6H2,1H3,(H,28,29)(H,30,31). The fourth-order valence-corrected chi connectivity index (χ4v) is 3.43. The number of amides is 1. The molecule has 158 valence electrons. The highest BCUT2D eigenvalue weighted by molar-refractivity contribution is 6.34. The number of aromatic nitrogens is 1. The number of rotatable bonds is 7. The van der Waals surface area contributed by atoms with Crippen LogP contribution in [0.1, 0.15) is 31.4 Å². The van der Waals surface area contributed by atoms with Gasteiger partial charge in [0.25, 0.3) is 0 Å². The van der Waals surface area contributed by atoms with E-state index >= 15 is 0 Å². The summed E-state index contributed by atoms with van der Waals surface area (Å²) in [4.78, 5) is 16.3. The molecule has 0 aliphatic rings. The van der Waals surface area contributed by atoms with Crippen molar-refractivity contribution in [1.82, 2.24) is 4.98 Å². The molecule has 0 aliphatic heterocycles. The molecule has 0 radical (unpaired) electrons. The molecule has 0 saturated carbocycles. The Kier molecular flexibility index (Phi) is 7.45. The maximum atomic E-state index is 13.7. The molecule has 0 spiro atoms. The number of carbonyl (C=O) groups is 1. The Morgan fingerprint density at radius 1 is 1.19 bits per heavy atom. The summed E-state index contributed by atoms with van der Waals surface area (Å²) in [5, 5.41) is 15.0. The topological polar surface area (TPSA) is 77.8 Å². The number of benzene rings is 2. The summed E-state index contributed by atoms with van der Waals surface area (Å²) in [5.41, 5.74) is 2.72. The second-order valence-electron chi connectivity index (χ2n) is 6.81. The van der Waals surface area contributed by atoms with Crippen molar-refractivity contribution in [3.05, 3.63) is 76.2 Å². The quantitative estimate of drug-likeness (QED) is 0.419. The minimum Gasteiger partial charge on any atom is -0.362 e. The monoisotopic (exact) mass is 456 g/mol. The molecule has 1 heterocycles. The number of hydrogen-bond donors (Lipinski definition) is 2. The predicted molar refractivity (Wildman–Crippen MR) is 122 cm³/mol. The number of carbonyl (C=O) groups excluding carboxylic acids is 1. The van der Waals surface area contributed by atoms with E-state index in [1.807, 2.05) is 37.3 Å². The van der Waals surface area contributed by atoms with E-state index in [4.69, 9.17) is 28.5 Å². The van der Waals surface area contributed by atoms with Gasteiger partial charge < -0.3 is 10.6 Å². The molecule has 31 heavy (non-hydrogen) atoms. The maximum absolute atomic E-state index is 13.7. The lowest BCUT2D eigenvalue weighted by atomic mass is 10.0. The molecule has 1 aromatic heterocycles. The van der Waals surface area contributed by atoms with Crippen LogP contribution in [-0.2, 0) is 4.79 Å². The van der Waals surface area contributed by atoms with Crippen LogP contribution in [0.5, 0.6) is 0 Å². The maximum Gasteiger partial charge on any atom is 0.225 e. The smallest absolute Gasteiger partial charge is 0.225 e. The molecule has 1 atom stereocenters. The van der Waals surface area contributed by atoms with Crippen molar-refractivity contribution in [2.45, 2.75) is 25.8 Å². The van der Waals surface area contributed by atoms with Crippen LogP contribution in [0.25, 0.3) is 11.1 Å². The van der Waals surface area contributed by atoms with Crippen LogP contribution >= 0.6 is 23.2 Å². The molecule has 8 heteroatoms. The molecule has 5 nitrogen and oxygen atoms in total. The summed E-state index contributed by atoms with van der Waals surface area (Å²) >= 11 is 12.3. The van der Waals surface area contributed by atoms with E-state index in [1.54, 1.807) is 18.2 Å². The zero-order valence-corrected chi connectivity index (χ0v) is 18.1. The number of nitrogens with zero attached hydrogens (tertiary/aromatic N) is 2. The largest absolute Gasteiger partial charge is 0.362 e. The number of anilines is 2. The highest BCUT2D eigenvalue weighted by atomic mass is 35.5. The van der Waals surface area contributed by atoms with E-state index in [9.17, 15) is 9.18 Å². The van der Waals surface area contributed by atoms with Gasteiger partial charge in [0.1, 0.15) is 11.5 Å². The van der Waals surface area contributed by atoms with Gasteiger partial charge in [-0.05, 0) is 30.2 Å². The van der Waals surface area contributed by atoms with Gasteiger partial charge in [-0.1, -0.05) is 59.6 Å². The van der Waals surface area contributed by atoms with E-state index in [0.717, 1.165) is 11.1 Å². The average Bonchev–Trinajstić information content (AvgIpc) is 2.76. The van der Waals surface area contributed by atoms with Crippen LogP contribution in [0.3, 0.4) is 0 Å². The summed E-state index contributed by atoms with van der Waals surface area (Å²) in [6, 6.07) is 15.6. The zero-order chi connectivity index (χ0) is 22.4. The van der Waals surface area contributed by atoms with Crippen LogP contribution in [-0.4, -0.2) is 10.9 Å². The summed E-state index contributed by atoms with van der Waals surface area (Å²) in [5.74, 6) is -0.360. The van der Waals surface area contributed by atoms with Crippen molar-refractivity contribution in [2.24, 2.45) is 0 Å². The van der Waals surface area contributed by atoms with Gasteiger partial charge in [0, 0.05) is 24.6 Å². The normalized spacial score (nSPS) is 11.5. The lowest BCUT2D eigenvalue weighted by Gasteiger charge is -2.19. The molecule has 0 aliphatic carbocycles. The van der Waals surface area contributed by atoms with Crippen molar-refractivity contribution in [3.63, 3.8) is 0 Å². The number of halogens is 3. The first-order chi connectivity index (χ1) is 14.9. The minimum atomic E-state index is -0.463. The van der Waals surface area contributed by atoms with Gasteiger partial charge in [-0.2, -0.15) is 5.26 Å². The molecule has 1 unspecified atom stereocenters. The molecule has 2 aromatic carbocycles. The van der Waals surface area contributed by atoms with Gasteiger partial charge in [-0.15, -0.1) is 0 Å². The van der Waals surface area contributed by atoms with Crippen molar-refractivity contribution < 1.29 is 9.18 Å². The Labute approximate surface area is 189 Å². The molecule has 3 rings (SSSR count). The van der Waals surface area contributed by atoms with Crippen LogP contribution in [0.4, 0.5) is 15.9 Å². The Balaban J connectivity index is 1.78. The van der Waals surface area contributed by atoms with Crippen LogP contribution in [0.2, 0.25) is 10.0 Å². The third kappa shape index (κ3) is 5.52. The third-order valence-corrected chi connectivity index (χ3v) is 5.35. The highest BCUT2D eigenvalue weighted by Gasteiger charge is 2.15. The van der Waals surface area contributed by atoms with Crippen molar-refractivity contribution >= 4 is 40.6 Å². The summed E-state index contributed by atoms with van der Waals surface area (Å²) in [6.07, 6.45) is 1.72. The molecule has 1 amide bonds. The first-order valence-electron chi connectivity index (χ1n) is 9.53. The average molecular weight is 457 g/mol. The molecular formula is C23H19Cl2FN4O. The summed E-state index contributed by atoms with van der Waals surface area (Å²) in [7, 11) is 0. The van der Waals surface area contributed by atoms with Gasteiger partial charge in [0.15, 0.2) is 5.82 Å². The minimum absolute atomic E-state index is 0.0703. The Hall–Kier alpha value is -3.14. The molecule has 2 N–H and O–H groups in total. The van der Waals surface area contributed by atoms with Gasteiger partial charge >= 0.3 is 0 Å². The molecule has 3 aromatic rings. The molecule has 0 saturated heterocycles. The Morgan fingerprint density at radius 2 is 1.94 bits per heavy atom. The number of nitriles is 1. The van der Waals surface area contributed by atoms with Crippen molar-refractivity contribution in [1.29, 1.82) is 5.26 Å². The molecule has 0 bridgehead atoms. The van der Waals surface area contributed by atoms with Crippen LogP contribution < -0.4 is 10.6 Å². The highest BCUT2D eigenvalue weighted by Crippen LogP contribution is 2.33. The lowest BCUT2D eigenvalue weighted by Crippen LogP contribution is -2.15. The van der Waals surface area contributed by atoms with Crippen LogP contribution in [0.15, 0.2) is 54.7 Å². The van der Waals surface area contributed by atoms with Gasteiger partial charge in [-0.3, -0.25) is 4.79 Å². The van der Waals surface area contributed by atoms with Gasteiger partial charge in [0.05, 0.1) is 22.2 Å². The zero-order valence-electron chi connectivity index (χ0n) is 16.6. The number of nitrogens with one attached hydrogen (secondary N) is 2. The lowest BCUT2D eigenvalue weighted by molar-refractivity contribution is -0.116. The van der Waals surface area contributed by atoms with Crippen molar-refractivity contribution in [2.75, 3.05) is 10.6 Å². The van der Waals surface area contributed by atoms with E-state index < -0.39 is 5.82 Å². The second kappa shape index (κ2) is 10.3. The fourth-order valence-electron chi connectivity index (χ4n) is 3.00. The Bertz CT molecular complexity index is 1130. The van der Waals surface area contributed by atoms with E-state index in [2.05, 4.69) is 15.6 Å². The fraction of sp³-hybridized carbons (Fsp3) is 0.174. The summed E-state index contributed by atoms with van der Waals surface area (Å²) in [6.45, 7) is 1.94. The first-order valence-corrected chi connectivity index (χ1v) is 10.3. The second-order valence-corrected chi connectivity index (χ2v) is 7.60. The van der Waals surface area contributed by atoms with E-state index in [0.29, 0.717) is 22.1 Å².